The lowest BCUT2D eigenvalue weighted by Gasteiger charge is -1.93. The Bertz CT molecular complexity index is 420. The fourth-order valence-electron chi connectivity index (χ4n) is 1.38. The SMILES string of the molecule is Cc1ccc(-c2cc(C)[n+](C)o2)cc1. The first-order valence-electron chi connectivity index (χ1n) is 4.71. The van der Waals surface area contributed by atoms with Gasteiger partial charge in [0, 0.05) is 12.5 Å². The van der Waals surface area contributed by atoms with Gasteiger partial charge in [0.25, 0.3) is 0 Å². The highest BCUT2D eigenvalue weighted by Gasteiger charge is 2.11. The molecule has 14 heavy (non-hydrogen) atoms. The van der Waals surface area contributed by atoms with E-state index in [-0.39, 0.29) is 0 Å². The highest BCUT2D eigenvalue weighted by Crippen LogP contribution is 2.19. The van der Waals surface area contributed by atoms with Crippen molar-refractivity contribution in [2.24, 2.45) is 7.05 Å². The van der Waals surface area contributed by atoms with Crippen LogP contribution in [0.1, 0.15) is 11.3 Å². The van der Waals surface area contributed by atoms with Gasteiger partial charge in [-0.05, 0) is 11.7 Å². The Morgan fingerprint density at radius 3 is 2.21 bits per heavy atom. The average molecular weight is 188 g/mol. The fraction of sp³-hybridized carbons (Fsp3) is 0.250. The molecule has 0 spiro atoms. The molecule has 0 aliphatic rings. The van der Waals surface area contributed by atoms with Gasteiger partial charge in [-0.2, -0.15) is 0 Å². The Labute approximate surface area is 83.8 Å². The number of nitrogens with zero attached hydrogens (tertiary/aromatic N) is 1. The summed E-state index contributed by atoms with van der Waals surface area (Å²) >= 11 is 0. The maximum atomic E-state index is 5.56. The maximum absolute atomic E-state index is 5.56. The molecule has 1 aromatic carbocycles. The predicted molar refractivity (Wildman–Crippen MR) is 54.8 cm³/mol. The lowest BCUT2D eigenvalue weighted by molar-refractivity contribution is -0.847. The van der Waals surface area contributed by atoms with E-state index in [1.807, 2.05) is 20.0 Å². The van der Waals surface area contributed by atoms with Crippen LogP contribution < -0.4 is 4.74 Å². The topological polar surface area (TPSA) is 17.0 Å². The van der Waals surface area contributed by atoms with Crippen molar-refractivity contribution in [1.82, 2.24) is 0 Å². The summed E-state index contributed by atoms with van der Waals surface area (Å²) in [5.41, 5.74) is 3.52. The largest absolute Gasteiger partial charge is 0.236 e. The molecule has 1 aromatic heterocycles. The molecule has 0 radical (unpaired) electrons. The van der Waals surface area contributed by atoms with Crippen LogP contribution in [0.2, 0.25) is 0 Å². The first-order valence-corrected chi connectivity index (χ1v) is 4.71. The summed E-state index contributed by atoms with van der Waals surface area (Å²) in [7, 11) is 1.91. The van der Waals surface area contributed by atoms with E-state index in [0.29, 0.717) is 0 Å². The molecule has 0 N–H and O–H groups in total. The third kappa shape index (κ3) is 1.55. The standard InChI is InChI=1S/C12H14NO/c1-9-4-6-11(7-5-9)12-8-10(2)13(3)14-12/h4-8H,1-3H3/q+1. The number of rotatable bonds is 1. The van der Waals surface area contributed by atoms with Gasteiger partial charge in [0.1, 0.15) is 0 Å². The first kappa shape index (κ1) is 9.00. The van der Waals surface area contributed by atoms with Gasteiger partial charge >= 0.3 is 0 Å². The van der Waals surface area contributed by atoms with Crippen molar-refractivity contribution in [3.8, 4) is 11.3 Å². The molecule has 2 aromatic rings. The lowest BCUT2D eigenvalue weighted by Crippen LogP contribution is -2.27. The highest BCUT2D eigenvalue weighted by molar-refractivity contribution is 5.57. The zero-order chi connectivity index (χ0) is 10.1. The summed E-state index contributed by atoms with van der Waals surface area (Å²) in [6.45, 7) is 4.11. The van der Waals surface area contributed by atoms with Crippen LogP contribution in [0, 0.1) is 13.8 Å². The quantitative estimate of drug-likeness (QED) is 0.628. The van der Waals surface area contributed by atoms with Gasteiger partial charge in [-0.25, -0.2) is 4.52 Å². The van der Waals surface area contributed by atoms with Gasteiger partial charge in [0.15, 0.2) is 7.05 Å². The van der Waals surface area contributed by atoms with Crippen molar-refractivity contribution in [2.45, 2.75) is 13.8 Å². The summed E-state index contributed by atoms with van der Waals surface area (Å²) in [5.74, 6) is 0.921. The molecule has 0 fully saturated rings. The Balaban J connectivity index is 2.44. The van der Waals surface area contributed by atoms with Crippen LogP contribution in [0.4, 0.5) is 0 Å². The molecule has 0 bridgehead atoms. The van der Waals surface area contributed by atoms with Crippen LogP contribution in [0.15, 0.2) is 34.9 Å². The Morgan fingerprint density at radius 1 is 1.07 bits per heavy atom. The van der Waals surface area contributed by atoms with Crippen LogP contribution in [0.5, 0.6) is 0 Å². The number of aromatic nitrogens is 1. The molecule has 0 aliphatic heterocycles. The summed E-state index contributed by atoms with van der Waals surface area (Å²) in [4.78, 5) is 0. The zero-order valence-corrected chi connectivity index (χ0v) is 8.74. The maximum Gasteiger partial charge on any atom is 0.228 e. The number of aryl methyl sites for hydroxylation is 3. The van der Waals surface area contributed by atoms with Crippen LogP contribution in [-0.2, 0) is 7.05 Å². The van der Waals surface area contributed by atoms with Crippen LogP contribution >= 0.6 is 0 Å². The molecule has 1 heterocycles. The van der Waals surface area contributed by atoms with Crippen LogP contribution in [0.3, 0.4) is 0 Å². The molecule has 0 aliphatic carbocycles. The second-order valence-electron chi connectivity index (χ2n) is 3.60. The highest BCUT2D eigenvalue weighted by atomic mass is 16.5. The van der Waals surface area contributed by atoms with Crippen molar-refractivity contribution >= 4 is 0 Å². The van der Waals surface area contributed by atoms with Crippen LogP contribution in [0.25, 0.3) is 11.3 Å². The molecule has 0 saturated heterocycles. The Morgan fingerprint density at radius 2 is 1.71 bits per heavy atom. The third-order valence-electron chi connectivity index (χ3n) is 2.41. The number of hydrogen-bond acceptors (Lipinski definition) is 1. The van der Waals surface area contributed by atoms with Gasteiger partial charge in [-0.3, -0.25) is 0 Å². The molecular weight excluding hydrogens is 174 g/mol. The predicted octanol–water partition coefficient (Wildman–Crippen LogP) is 2.39. The Kier molecular flexibility index (Phi) is 2.12. The second kappa shape index (κ2) is 3.29. The zero-order valence-electron chi connectivity index (χ0n) is 8.74. The van der Waals surface area contributed by atoms with Gasteiger partial charge in [-0.1, -0.05) is 29.8 Å². The molecule has 2 rings (SSSR count). The lowest BCUT2D eigenvalue weighted by atomic mass is 10.1. The van der Waals surface area contributed by atoms with Crippen molar-refractivity contribution in [3.63, 3.8) is 0 Å². The summed E-state index contributed by atoms with van der Waals surface area (Å²) in [5, 5.41) is 0. The summed E-state index contributed by atoms with van der Waals surface area (Å²) in [6, 6.07) is 10.4. The summed E-state index contributed by atoms with van der Waals surface area (Å²) in [6.07, 6.45) is 0. The molecule has 0 atom stereocenters. The van der Waals surface area contributed by atoms with Gasteiger partial charge in [0.05, 0.1) is 6.07 Å². The molecular formula is C12H14NO+. The normalized spacial score (nSPS) is 10.5. The van der Waals surface area contributed by atoms with E-state index in [9.17, 15) is 0 Å². The minimum atomic E-state index is 0.921. The molecule has 0 unspecified atom stereocenters. The van der Waals surface area contributed by atoms with Gasteiger partial charge < -0.3 is 0 Å². The molecule has 2 nitrogen and oxygen atoms in total. The van der Waals surface area contributed by atoms with Crippen molar-refractivity contribution < 1.29 is 9.26 Å². The monoisotopic (exact) mass is 188 g/mol. The molecule has 72 valence electrons. The minimum Gasteiger partial charge on any atom is -0.236 e. The molecule has 0 saturated carbocycles. The van der Waals surface area contributed by atoms with Crippen molar-refractivity contribution in [1.29, 1.82) is 0 Å². The fourth-order valence-corrected chi connectivity index (χ4v) is 1.38. The van der Waals surface area contributed by atoms with E-state index in [4.69, 9.17) is 4.52 Å². The van der Waals surface area contributed by atoms with E-state index in [1.165, 1.54) is 5.56 Å². The minimum absolute atomic E-state index is 0.921. The molecule has 0 amide bonds. The van der Waals surface area contributed by atoms with E-state index in [0.717, 1.165) is 17.0 Å². The number of benzene rings is 1. The second-order valence-corrected chi connectivity index (χ2v) is 3.60. The average Bonchev–Trinajstić information content (AvgIpc) is 2.48. The third-order valence-corrected chi connectivity index (χ3v) is 2.41. The van der Waals surface area contributed by atoms with E-state index in [1.54, 1.807) is 4.74 Å². The Hall–Kier alpha value is -1.57. The first-order chi connectivity index (χ1) is 6.66. The van der Waals surface area contributed by atoms with Gasteiger partial charge in [0.2, 0.25) is 11.5 Å². The van der Waals surface area contributed by atoms with Crippen molar-refractivity contribution in [3.05, 3.63) is 41.6 Å². The smallest absolute Gasteiger partial charge is 0.228 e. The van der Waals surface area contributed by atoms with E-state index in [2.05, 4.69) is 31.2 Å². The van der Waals surface area contributed by atoms with E-state index < -0.39 is 0 Å². The number of hydrogen-bond donors (Lipinski definition) is 0. The summed E-state index contributed by atoms with van der Waals surface area (Å²) < 4.78 is 7.33. The van der Waals surface area contributed by atoms with Crippen molar-refractivity contribution in [2.75, 3.05) is 0 Å². The van der Waals surface area contributed by atoms with Gasteiger partial charge in [-0.15, -0.1) is 0 Å². The molecule has 2 heteroatoms. The van der Waals surface area contributed by atoms with E-state index >= 15 is 0 Å². The van der Waals surface area contributed by atoms with Crippen LogP contribution in [-0.4, -0.2) is 0 Å².